The summed E-state index contributed by atoms with van der Waals surface area (Å²) in [6.07, 6.45) is 0.158. The molecule has 21 heavy (non-hydrogen) atoms. The van der Waals surface area contributed by atoms with Crippen LogP contribution in [-0.4, -0.2) is 10.9 Å². The van der Waals surface area contributed by atoms with Gasteiger partial charge in [0.15, 0.2) is 0 Å². The second-order valence-electron chi connectivity index (χ2n) is 4.49. The van der Waals surface area contributed by atoms with Gasteiger partial charge in [-0.05, 0) is 29.8 Å². The summed E-state index contributed by atoms with van der Waals surface area (Å²) in [5.41, 5.74) is 1.83. The predicted octanol–water partition coefficient (Wildman–Crippen LogP) is 3.79. The Morgan fingerprint density at radius 2 is 1.71 bits per heavy atom. The van der Waals surface area contributed by atoms with Crippen molar-refractivity contribution < 1.29 is 4.79 Å². The molecule has 0 spiro atoms. The molecule has 0 saturated heterocycles. The molecule has 1 amide bonds. The molecule has 2 rings (SSSR count). The van der Waals surface area contributed by atoms with Gasteiger partial charge in [0.1, 0.15) is 0 Å². The third-order valence-corrected chi connectivity index (χ3v) is 3.32. The van der Waals surface area contributed by atoms with Gasteiger partial charge in [0, 0.05) is 17.3 Å². The Labute approximate surface area is 134 Å². The molecule has 0 aromatic heterocycles. The van der Waals surface area contributed by atoms with E-state index in [2.05, 4.69) is 10.6 Å². The third-order valence-electron chi connectivity index (χ3n) is 2.78. The molecule has 0 aliphatic heterocycles. The fourth-order valence-corrected chi connectivity index (χ4v) is 2.07. The fraction of sp³-hybridized carbons (Fsp3) is 0.125. The number of carbonyl (C=O) groups is 1. The second-order valence-corrected chi connectivity index (χ2v) is 5.42. The van der Waals surface area contributed by atoms with Crippen LogP contribution in [0.5, 0.6) is 0 Å². The highest BCUT2D eigenvalue weighted by Gasteiger charge is 2.06. The molecule has 2 aromatic carbocycles. The first-order chi connectivity index (χ1) is 10.1. The van der Waals surface area contributed by atoms with Crippen molar-refractivity contribution in [3.05, 3.63) is 65.2 Å². The first kappa shape index (κ1) is 15.5. The van der Waals surface area contributed by atoms with E-state index in [1.807, 2.05) is 30.3 Å². The first-order valence-electron chi connectivity index (χ1n) is 6.49. The zero-order valence-electron chi connectivity index (χ0n) is 11.3. The average molecular weight is 319 g/mol. The summed E-state index contributed by atoms with van der Waals surface area (Å²) in [7, 11) is 0. The molecular formula is C16H15ClN2OS. The van der Waals surface area contributed by atoms with Crippen LogP contribution in [0.15, 0.2) is 54.6 Å². The Balaban J connectivity index is 1.77. The minimum atomic E-state index is -0.150. The van der Waals surface area contributed by atoms with Crippen molar-refractivity contribution in [1.82, 2.24) is 5.32 Å². The van der Waals surface area contributed by atoms with Gasteiger partial charge < -0.3 is 10.6 Å². The second kappa shape index (κ2) is 7.76. The maximum atomic E-state index is 11.8. The molecule has 3 nitrogen and oxygen atoms in total. The summed E-state index contributed by atoms with van der Waals surface area (Å²) < 4.78 is 0. The number of thiocarbonyl (C=S) groups is 1. The quantitative estimate of drug-likeness (QED) is 0.824. The third kappa shape index (κ3) is 5.53. The lowest BCUT2D eigenvalue weighted by Gasteiger charge is -2.09. The topological polar surface area (TPSA) is 41.1 Å². The molecule has 108 valence electrons. The van der Waals surface area contributed by atoms with Crippen LogP contribution in [0.1, 0.15) is 12.0 Å². The molecule has 0 atom stereocenters. The zero-order valence-corrected chi connectivity index (χ0v) is 12.9. The standard InChI is InChI=1S/C16H15ClN2OS/c17-13-6-8-14(9-7-13)19-15(20)10-16(21)18-11-12-4-2-1-3-5-12/h1-9H,10-11H2,(H,18,21)(H,19,20). The van der Waals surface area contributed by atoms with Gasteiger partial charge in [-0.25, -0.2) is 0 Å². The van der Waals surface area contributed by atoms with Crippen molar-refractivity contribution in [2.75, 3.05) is 5.32 Å². The molecule has 0 bridgehead atoms. The smallest absolute Gasteiger partial charge is 0.231 e. The normalized spacial score (nSPS) is 9.95. The summed E-state index contributed by atoms with van der Waals surface area (Å²) in [5.74, 6) is -0.150. The zero-order chi connectivity index (χ0) is 15.1. The van der Waals surface area contributed by atoms with E-state index in [1.165, 1.54) is 0 Å². The molecule has 0 saturated carbocycles. The minimum Gasteiger partial charge on any atom is -0.375 e. The van der Waals surface area contributed by atoms with Crippen LogP contribution in [0.4, 0.5) is 5.69 Å². The molecular weight excluding hydrogens is 304 g/mol. The number of hydrogen-bond acceptors (Lipinski definition) is 2. The maximum Gasteiger partial charge on any atom is 0.231 e. The van der Waals surface area contributed by atoms with E-state index in [9.17, 15) is 4.79 Å². The summed E-state index contributed by atoms with van der Waals surface area (Å²) in [5, 5.41) is 6.48. The van der Waals surface area contributed by atoms with Crippen molar-refractivity contribution in [1.29, 1.82) is 0 Å². The van der Waals surface area contributed by atoms with E-state index in [-0.39, 0.29) is 12.3 Å². The summed E-state index contributed by atoms with van der Waals surface area (Å²) in [6.45, 7) is 0.619. The van der Waals surface area contributed by atoms with Crippen LogP contribution in [-0.2, 0) is 11.3 Å². The molecule has 2 aromatic rings. The van der Waals surface area contributed by atoms with Crippen molar-refractivity contribution >= 4 is 40.4 Å². The lowest BCUT2D eigenvalue weighted by atomic mass is 10.2. The van der Waals surface area contributed by atoms with Crippen LogP contribution < -0.4 is 10.6 Å². The van der Waals surface area contributed by atoms with Crippen LogP contribution in [0, 0.1) is 0 Å². The lowest BCUT2D eigenvalue weighted by Crippen LogP contribution is -2.26. The molecule has 0 aliphatic carbocycles. The first-order valence-corrected chi connectivity index (χ1v) is 7.28. The Morgan fingerprint density at radius 3 is 2.38 bits per heavy atom. The van der Waals surface area contributed by atoms with Crippen molar-refractivity contribution in [3.63, 3.8) is 0 Å². The van der Waals surface area contributed by atoms with E-state index >= 15 is 0 Å². The molecule has 0 aliphatic rings. The molecule has 5 heteroatoms. The Bertz CT molecular complexity index is 614. The predicted molar refractivity (Wildman–Crippen MR) is 90.6 cm³/mol. The van der Waals surface area contributed by atoms with Crippen LogP contribution in [0.2, 0.25) is 5.02 Å². The number of amides is 1. The van der Waals surface area contributed by atoms with Gasteiger partial charge in [-0.15, -0.1) is 0 Å². The number of rotatable bonds is 5. The van der Waals surface area contributed by atoms with Crippen molar-refractivity contribution in [2.24, 2.45) is 0 Å². The van der Waals surface area contributed by atoms with Gasteiger partial charge >= 0.3 is 0 Å². The molecule has 2 N–H and O–H groups in total. The van der Waals surface area contributed by atoms with Crippen LogP contribution in [0.25, 0.3) is 0 Å². The summed E-state index contributed by atoms with van der Waals surface area (Å²) >= 11 is 11.0. The molecule has 0 radical (unpaired) electrons. The largest absolute Gasteiger partial charge is 0.375 e. The average Bonchev–Trinajstić information content (AvgIpc) is 2.48. The number of carbonyl (C=O) groups excluding carboxylic acids is 1. The summed E-state index contributed by atoms with van der Waals surface area (Å²) in [6, 6.07) is 16.8. The molecule has 0 unspecified atom stereocenters. The van der Waals surface area contributed by atoms with E-state index in [1.54, 1.807) is 24.3 Å². The number of benzene rings is 2. The van der Waals surface area contributed by atoms with Crippen molar-refractivity contribution in [3.8, 4) is 0 Å². The van der Waals surface area contributed by atoms with Gasteiger partial charge in [0.2, 0.25) is 5.91 Å². The minimum absolute atomic E-state index is 0.150. The van der Waals surface area contributed by atoms with Gasteiger partial charge in [-0.2, -0.15) is 0 Å². The van der Waals surface area contributed by atoms with E-state index in [4.69, 9.17) is 23.8 Å². The Kier molecular flexibility index (Phi) is 5.72. The molecule has 0 heterocycles. The number of hydrogen-bond donors (Lipinski definition) is 2. The van der Waals surface area contributed by atoms with Crippen LogP contribution >= 0.6 is 23.8 Å². The van der Waals surface area contributed by atoms with Gasteiger partial charge in [0.25, 0.3) is 0 Å². The van der Waals surface area contributed by atoms with E-state index in [0.717, 1.165) is 5.56 Å². The SMILES string of the molecule is O=C(CC(=S)NCc1ccccc1)Nc1ccc(Cl)cc1. The van der Waals surface area contributed by atoms with E-state index in [0.29, 0.717) is 22.2 Å². The summed E-state index contributed by atoms with van der Waals surface area (Å²) in [4.78, 5) is 12.4. The number of anilines is 1. The van der Waals surface area contributed by atoms with Gasteiger partial charge in [-0.1, -0.05) is 54.2 Å². The monoisotopic (exact) mass is 318 g/mol. The highest BCUT2D eigenvalue weighted by atomic mass is 35.5. The Hall–Kier alpha value is -1.91. The van der Waals surface area contributed by atoms with E-state index < -0.39 is 0 Å². The lowest BCUT2D eigenvalue weighted by molar-refractivity contribution is -0.115. The Morgan fingerprint density at radius 1 is 1.05 bits per heavy atom. The number of nitrogens with one attached hydrogen (secondary N) is 2. The van der Waals surface area contributed by atoms with Gasteiger partial charge in [0.05, 0.1) is 11.4 Å². The highest BCUT2D eigenvalue weighted by molar-refractivity contribution is 7.80. The van der Waals surface area contributed by atoms with Gasteiger partial charge in [-0.3, -0.25) is 4.79 Å². The highest BCUT2D eigenvalue weighted by Crippen LogP contribution is 2.13. The van der Waals surface area contributed by atoms with Crippen LogP contribution in [0.3, 0.4) is 0 Å². The number of halogens is 1. The fourth-order valence-electron chi connectivity index (χ4n) is 1.74. The van der Waals surface area contributed by atoms with Crippen molar-refractivity contribution in [2.45, 2.75) is 13.0 Å². The maximum absolute atomic E-state index is 11.8. The molecule has 0 fully saturated rings.